The van der Waals surface area contributed by atoms with Gasteiger partial charge in [-0.25, -0.2) is 4.39 Å². The number of benzene rings is 1. The first-order chi connectivity index (χ1) is 11.8. The van der Waals surface area contributed by atoms with Crippen LogP contribution in [0.25, 0.3) is 0 Å². The third-order valence-corrected chi connectivity index (χ3v) is 4.71. The molecule has 0 aromatic heterocycles. The van der Waals surface area contributed by atoms with E-state index in [-0.39, 0.29) is 40.6 Å². The van der Waals surface area contributed by atoms with Crippen LogP contribution in [0.5, 0.6) is 0 Å². The van der Waals surface area contributed by atoms with Crippen LogP contribution in [0.1, 0.15) is 43.5 Å². The highest BCUT2D eigenvalue weighted by Crippen LogP contribution is 2.27. The predicted molar refractivity (Wildman–Crippen MR) is 94.1 cm³/mol. The van der Waals surface area contributed by atoms with E-state index >= 15 is 0 Å². The molecule has 7 heteroatoms. The molecular formula is C18H24ClFN2O3. The smallest absolute Gasteiger partial charge is 0.253 e. The normalized spacial score (nSPS) is 23.4. The lowest BCUT2D eigenvalue weighted by Gasteiger charge is -2.35. The zero-order valence-corrected chi connectivity index (χ0v) is 15.4. The van der Waals surface area contributed by atoms with E-state index in [1.165, 1.54) is 12.1 Å². The van der Waals surface area contributed by atoms with Gasteiger partial charge in [-0.3, -0.25) is 9.59 Å². The lowest BCUT2D eigenvalue weighted by atomic mass is 9.82. The van der Waals surface area contributed by atoms with Crippen LogP contribution in [0.3, 0.4) is 0 Å². The maximum Gasteiger partial charge on any atom is 0.253 e. The highest BCUT2D eigenvalue weighted by Gasteiger charge is 2.35. The molecule has 1 aliphatic rings. The van der Waals surface area contributed by atoms with Crippen molar-refractivity contribution in [1.29, 1.82) is 0 Å². The monoisotopic (exact) mass is 370 g/mol. The molecule has 1 saturated carbocycles. The van der Waals surface area contributed by atoms with Crippen molar-refractivity contribution in [1.82, 2.24) is 10.6 Å². The van der Waals surface area contributed by atoms with Crippen LogP contribution in [0.4, 0.5) is 4.39 Å². The van der Waals surface area contributed by atoms with Crippen LogP contribution in [0.15, 0.2) is 18.2 Å². The molecule has 2 amide bonds. The van der Waals surface area contributed by atoms with Gasteiger partial charge >= 0.3 is 0 Å². The van der Waals surface area contributed by atoms with E-state index in [9.17, 15) is 14.0 Å². The second-order valence-electron chi connectivity index (χ2n) is 6.65. The molecule has 0 aliphatic heterocycles. The van der Waals surface area contributed by atoms with Crippen LogP contribution in [0.2, 0.25) is 5.02 Å². The van der Waals surface area contributed by atoms with Crippen LogP contribution in [-0.4, -0.2) is 37.1 Å². The molecule has 1 aliphatic carbocycles. The Bertz CT molecular complexity index is 639. The summed E-state index contributed by atoms with van der Waals surface area (Å²) in [6.07, 6.45) is 1.63. The summed E-state index contributed by atoms with van der Waals surface area (Å²) in [4.78, 5) is 24.8. The van der Waals surface area contributed by atoms with Gasteiger partial charge in [0.15, 0.2) is 0 Å². The maximum absolute atomic E-state index is 13.4. The second kappa shape index (κ2) is 8.63. The van der Waals surface area contributed by atoms with Crippen LogP contribution >= 0.6 is 11.6 Å². The first-order valence-electron chi connectivity index (χ1n) is 8.41. The summed E-state index contributed by atoms with van der Waals surface area (Å²) >= 11 is 5.99. The predicted octanol–water partition coefficient (Wildman–Crippen LogP) is 2.92. The van der Waals surface area contributed by atoms with Gasteiger partial charge in [-0.2, -0.15) is 0 Å². The van der Waals surface area contributed by atoms with Gasteiger partial charge in [-0.05, 0) is 51.3 Å². The summed E-state index contributed by atoms with van der Waals surface area (Å²) in [5.41, 5.74) is 0.0743. The van der Waals surface area contributed by atoms with Crippen molar-refractivity contribution >= 4 is 23.4 Å². The third kappa shape index (κ3) is 5.16. The maximum atomic E-state index is 13.4. The van der Waals surface area contributed by atoms with E-state index in [0.29, 0.717) is 19.3 Å². The average molecular weight is 371 g/mol. The quantitative estimate of drug-likeness (QED) is 0.837. The molecule has 0 heterocycles. The van der Waals surface area contributed by atoms with Gasteiger partial charge in [0.25, 0.3) is 5.91 Å². The Morgan fingerprint density at radius 3 is 2.68 bits per heavy atom. The Kier molecular flexibility index (Phi) is 6.79. The Labute approximate surface area is 152 Å². The molecule has 1 aromatic carbocycles. The molecular weight excluding hydrogens is 347 g/mol. The molecule has 0 spiro atoms. The summed E-state index contributed by atoms with van der Waals surface area (Å²) in [6.45, 7) is 3.81. The summed E-state index contributed by atoms with van der Waals surface area (Å²) in [5.74, 6) is -1.22. The SMILES string of the molecule is CO[C@@H]1CC[C@H](C(=O)NC(C)C)C[C@H]1NC(=O)c1cc(F)ccc1Cl. The van der Waals surface area contributed by atoms with Crippen molar-refractivity contribution < 1.29 is 18.7 Å². The van der Waals surface area contributed by atoms with Gasteiger partial charge in [0.05, 0.1) is 22.7 Å². The molecule has 25 heavy (non-hydrogen) atoms. The minimum absolute atomic E-state index is 0.0207. The molecule has 1 aromatic rings. The molecule has 0 saturated heterocycles. The average Bonchev–Trinajstić information content (AvgIpc) is 2.56. The number of carbonyl (C=O) groups is 2. The fourth-order valence-electron chi connectivity index (χ4n) is 3.13. The van der Waals surface area contributed by atoms with E-state index in [0.717, 1.165) is 6.07 Å². The standard InChI is InChI=1S/C18H24ClFN2O3/c1-10(2)21-17(23)11-4-7-16(25-3)15(8-11)22-18(24)13-9-12(20)5-6-14(13)19/h5-6,9-11,15-16H,4,7-8H2,1-3H3,(H,21,23)(H,22,24)/t11-,15+,16+/m0/s1. The molecule has 0 radical (unpaired) electrons. The number of methoxy groups -OCH3 is 1. The van der Waals surface area contributed by atoms with Crippen LogP contribution < -0.4 is 10.6 Å². The minimum atomic E-state index is -0.532. The number of ether oxygens (including phenoxy) is 1. The summed E-state index contributed by atoms with van der Waals surface area (Å²) < 4.78 is 18.9. The second-order valence-corrected chi connectivity index (χ2v) is 7.06. The van der Waals surface area contributed by atoms with Crippen molar-refractivity contribution in [2.24, 2.45) is 5.92 Å². The Balaban J connectivity index is 2.09. The van der Waals surface area contributed by atoms with E-state index in [1.807, 2.05) is 13.8 Å². The van der Waals surface area contributed by atoms with Gasteiger partial charge < -0.3 is 15.4 Å². The van der Waals surface area contributed by atoms with Gasteiger partial charge in [0.2, 0.25) is 5.91 Å². The topological polar surface area (TPSA) is 67.4 Å². The van der Waals surface area contributed by atoms with Crippen molar-refractivity contribution in [3.8, 4) is 0 Å². The molecule has 3 atom stereocenters. The molecule has 138 valence electrons. The first-order valence-corrected chi connectivity index (χ1v) is 8.78. The van der Waals surface area contributed by atoms with Crippen molar-refractivity contribution in [3.05, 3.63) is 34.6 Å². The van der Waals surface area contributed by atoms with E-state index in [2.05, 4.69) is 10.6 Å². The summed E-state index contributed by atoms with van der Waals surface area (Å²) in [6, 6.07) is 3.37. The van der Waals surface area contributed by atoms with Gasteiger partial charge in [-0.1, -0.05) is 11.6 Å². The number of carbonyl (C=O) groups excluding carboxylic acids is 2. The summed E-state index contributed by atoms with van der Waals surface area (Å²) in [5, 5.41) is 5.93. The Hall–Kier alpha value is -1.66. The molecule has 0 bridgehead atoms. The summed E-state index contributed by atoms with van der Waals surface area (Å²) in [7, 11) is 1.58. The fourth-order valence-corrected chi connectivity index (χ4v) is 3.34. The van der Waals surface area contributed by atoms with E-state index in [1.54, 1.807) is 7.11 Å². The van der Waals surface area contributed by atoms with Crippen molar-refractivity contribution in [3.63, 3.8) is 0 Å². The number of hydrogen-bond donors (Lipinski definition) is 2. The van der Waals surface area contributed by atoms with Gasteiger partial charge in [0.1, 0.15) is 5.82 Å². The number of hydrogen-bond acceptors (Lipinski definition) is 3. The number of halogens is 2. The molecule has 0 unspecified atom stereocenters. The van der Waals surface area contributed by atoms with Crippen LogP contribution in [0, 0.1) is 11.7 Å². The lowest BCUT2D eigenvalue weighted by Crippen LogP contribution is -2.50. The number of rotatable bonds is 5. The Morgan fingerprint density at radius 1 is 1.32 bits per heavy atom. The number of nitrogens with one attached hydrogen (secondary N) is 2. The third-order valence-electron chi connectivity index (χ3n) is 4.38. The highest BCUT2D eigenvalue weighted by atomic mass is 35.5. The molecule has 1 fully saturated rings. The van der Waals surface area contributed by atoms with E-state index < -0.39 is 11.7 Å². The molecule has 5 nitrogen and oxygen atoms in total. The number of amides is 2. The largest absolute Gasteiger partial charge is 0.379 e. The Morgan fingerprint density at radius 2 is 2.04 bits per heavy atom. The first kappa shape index (κ1) is 19.7. The molecule has 2 rings (SSSR count). The zero-order valence-electron chi connectivity index (χ0n) is 14.6. The van der Waals surface area contributed by atoms with Gasteiger partial charge in [0, 0.05) is 19.1 Å². The highest BCUT2D eigenvalue weighted by molar-refractivity contribution is 6.33. The molecule has 2 N–H and O–H groups in total. The van der Waals surface area contributed by atoms with Gasteiger partial charge in [-0.15, -0.1) is 0 Å². The van der Waals surface area contributed by atoms with E-state index in [4.69, 9.17) is 16.3 Å². The fraction of sp³-hybridized carbons (Fsp3) is 0.556. The lowest BCUT2D eigenvalue weighted by molar-refractivity contribution is -0.127. The van der Waals surface area contributed by atoms with Crippen molar-refractivity contribution in [2.75, 3.05) is 7.11 Å². The zero-order chi connectivity index (χ0) is 18.6. The minimum Gasteiger partial charge on any atom is -0.379 e. The van der Waals surface area contributed by atoms with Crippen LogP contribution in [-0.2, 0) is 9.53 Å². The van der Waals surface area contributed by atoms with Crippen molar-refractivity contribution in [2.45, 2.75) is 51.3 Å².